The number of amides is 1. The number of benzene rings is 1. The van der Waals surface area contributed by atoms with Crippen molar-refractivity contribution in [3.63, 3.8) is 0 Å². The van der Waals surface area contributed by atoms with E-state index >= 15 is 0 Å². The Morgan fingerprint density at radius 3 is 2.56 bits per heavy atom. The molecule has 1 aliphatic heterocycles. The Balaban J connectivity index is 2.12. The average molecular weight is 268 g/mol. The number of sulfonamides is 1. The highest BCUT2D eigenvalue weighted by molar-refractivity contribution is 7.90. The zero-order valence-electron chi connectivity index (χ0n) is 10.1. The summed E-state index contributed by atoms with van der Waals surface area (Å²) in [6, 6.07) is 7.46. The summed E-state index contributed by atoms with van der Waals surface area (Å²) < 4.78 is 26.0. The zero-order chi connectivity index (χ0) is 13.2. The highest BCUT2D eigenvalue weighted by atomic mass is 32.2. The predicted molar refractivity (Wildman–Crippen MR) is 67.3 cm³/mol. The highest BCUT2D eigenvalue weighted by Crippen LogP contribution is 2.15. The minimum atomic E-state index is -3.76. The van der Waals surface area contributed by atoms with E-state index in [1.54, 1.807) is 18.2 Å². The van der Waals surface area contributed by atoms with Crippen LogP contribution in [0.3, 0.4) is 0 Å². The van der Waals surface area contributed by atoms with Crippen LogP contribution < -0.4 is 10.0 Å². The molecule has 0 saturated carbocycles. The van der Waals surface area contributed by atoms with Crippen LogP contribution in [0.1, 0.15) is 13.3 Å². The topological polar surface area (TPSA) is 75.3 Å². The third kappa shape index (κ3) is 2.70. The first-order valence-electron chi connectivity index (χ1n) is 5.86. The molecule has 1 fully saturated rings. The average Bonchev–Trinajstić information content (AvgIpc) is 2.76. The van der Waals surface area contributed by atoms with Gasteiger partial charge in [-0.2, -0.15) is 0 Å². The molecule has 0 aliphatic carbocycles. The molecule has 0 spiro atoms. The lowest BCUT2D eigenvalue weighted by molar-refractivity contribution is -0.121. The van der Waals surface area contributed by atoms with Crippen molar-refractivity contribution in [3.8, 4) is 0 Å². The van der Waals surface area contributed by atoms with Crippen molar-refractivity contribution in [1.82, 2.24) is 10.0 Å². The standard InChI is InChI=1S/C12H16N2O3S/c1-9-7-8-13-11(9)12(15)14-18(16,17)10-5-3-2-4-6-10/h2-6,9,11,13H,7-8H2,1H3,(H,14,15). The second kappa shape index (κ2) is 5.07. The molecule has 1 aromatic rings. The SMILES string of the molecule is CC1CCNC1C(=O)NS(=O)(=O)c1ccccc1. The van der Waals surface area contributed by atoms with Gasteiger partial charge in [-0.1, -0.05) is 25.1 Å². The lowest BCUT2D eigenvalue weighted by Gasteiger charge is -2.15. The van der Waals surface area contributed by atoms with Gasteiger partial charge in [-0.3, -0.25) is 4.79 Å². The van der Waals surface area contributed by atoms with Crippen LogP contribution in [0.4, 0.5) is 0 Å². The van der Waals surface area contributed by atoms with Crippen molar-refractivity contribution in [3.05, 3.63) is 30.3 Å². The molecule has 2 atom stereocenters. The van der Waals surface area contributed by atoms with Crippen LogP contribution in [0, 0.1) is 5.92 Å². The van der Waals surface area contributed by atoms with Crippen LogP contribution in [-0.4, -0.2) is 26.9 Å². The molecule has 0 aromatic heterocycles. The Morgan fingerprint density at radius 2 is 2.00 bits per heavy atom. The first kappa shape index (κ1) is 13.0. The van der Waals surface area contributed by atoms with Gasteiger partial charge in [0.05, 0.1) is 10.9 Å². The van der Waals surface area contributed by atoms with Gasteiger partial charge < -0.3 is 5.32 Å². The zero-order valence-corrected chi connectivity index (χ0v) is 10.9. The van der Waals surface area contributed by atoms with E-state index < -0.39 is 22.0 Å². The van der Waals surface area contributed by atoms with E-state index in [1.165, 1.54) is 12.1 Å². The van der Waals surface area contributed by atoms with Gasteiger partial charge in [-0.05, 0) is 31.0 Å². The lowest BCUT2D eigenvalue weighted by atomic mass is 10.0. The molecule has 18 heavy (non-hydrogen) atoms. The monoisotopic (exact) mass is 268 g/mol. The molecule has 5 nitrogen and oxygen atoms in total. The normalized spacial score (nSPS) is 23.8. The van der Waals surface area contributed by atoms with Crippen LogP contribution in [0.15, 0.2) is 35.2 Å². The molecule has 1 aromatic carbocycles. The Bertz CT molecular complexity index is 528. The van der Waals surface area contributed by atoms with Gasteiger partial charge >= 0.3 is 0 Å². The number of hydrogen-bond acceptors (Lipinski definition) is 4. The minimum Gasteiger partial charge on any atom is -0.306 e. The first-order valence-corrected chi connectivity index (χ1v) is 7.34. The summed E-state index contributed by atoms with van der Waals surface area (Å²) in [5, 5.41) is 3.00. The van der Waals surface area contributed by atoms with Crippen molar-refractivity contribution in [2.24, 2.45) is 5.92 Å². The summed E-state index contributed by atoms with van der Waals surface area (Å²) in [7, 11) is -3.76. The van der Waals surface area contributed by atoms with E-state index in [2.05, 4.69) is 10.0 Å². The molecule has 6 heteroatoms. The fourth-order valence-electron chi connectivity index (χ4n) is 2.04. The molecule has 2 unspecified atom stereocenters. The van der Waals surface area contributed by atoms with Crippen molar-refractivity contribution >= 4 is 15.9 Å². The molecule has 1 saturated heterocycles. The van der Waals surface area contributed by atoms with Gasteiger partial charge in [0.1, 0.15) is 0 Å². The number of carbonyl (C=O) groups excluding carboxylic acids is 1. The van der Waals surface area contributed by atoms with Crippen LogP contribution in [0.25, 0.3) is 0 Å². The largest absolute Gasteiger partial charge is 0.306 e. The second-order valence-electron chi connectivity index (χ2n) is 4.48. The second-order valence-corrected chi connectivity index (χ2v) is 6.16. The number of rotatable bonds is 3. The third-order valence-corrected chi connectivity index (χ3v) is 4.47. The van der Waals surface area contributed by atoms with Gasteiger partial charge in [0.2, 0.25) is 0 Å². The fraction of sp³-hybridized carbons (Fsp3) is 0.417. The van der Waals surface area contributed by atoms with Gasteiger partial charge in [0.15, 0.2) is 0 Å². The van der Waals surface area contributed by atoms with Crippen LogP contribution in [0.5, 0.6) is 0 Å². The highest BCUT2D eigenvalue weighted by Gasteiger charge is 2.31. The predicted octanol–water partition coefficient (Wildman–Crippen LogP) is 0.489. The summed E-state index contributed by atoms with van der Waals surface area (Å²) in [4.78, 5) is 12.0. The molecule has 1 heterocycles. The third-order valence-electron chi connectivity index (χ3n) is 3.10. The van der Waals surface area contributed by atoms with E-state index in [-0.39, 0.29) is 10.8 Å². The molecule has 0 bridgehead atoms. The van der Waals surface area contributed by atoms with Gasteiger partial charge in [-0.25, -0.2) is 13.1 Å². The maximum atomic E-state index is 11.9. The summed E-state index contributed by atoms with van der Waals surface area (Å²) in [6.45, 7) is 2.67. The minimum absolute atomic E-state index is 0.101. The Hall–Kier alpha value is -1.40. The molecular formula is C12H16N2O3S. The summed E-state index contributed by atoms with van der Waals surface area (Å²) in [5.74, 6) is -0.333. The molecule has 0 radical (unpaired) electrons. The van der Waals surface area contributed by atoms with Gasteiger partial charge in [0, 0.05) is 0 Å². The smallest absolute Gasteiger partial charge is 0.264 e. The van der Waals surface area contributed by atoms with Crippen molar-refractivity contribution < 1.29 is 13.2 Å². The molecule has 98 valence electrons. The maximum Gasteiger partial charge on any atom is 0.264 e. The van der Waals surface area contributed by atoms with Crippen molar-refractivity contribution in [1.29, 1.82) is 0 Å². The molecule has 2 N–H and O–H groups in total. The summed E-state index contributed by atoms with van der Waals surface area (Å²) >= 11 is 0. The lowest BCUT2D eigenvalue weighted by Crippen LogP contribution is -2.45. The number of carbonyl (C=O) groups is 1. The van der Waals surface area contributed by atoms with Crippen molar-refractivity contribution in [2.75, 3.05) is 6.54 Å². The van der Waals surface area contributed by atoms with E-state index in [1.807, 2.05) is 6.92 Å². The van der Waals surface area contributed by atoms with E-state index in [0.29, 0.717) is 0 Å². The van der Waals surface area contributed by atoms with Crippen molar-refractivity contribution in [2.45, 2.75) is 24.3 Å². The first-order chi connectivity index (χ1) is 8.50. The summed E-state index contributed by atoms with van der Waals surface area (Å²) in [6.07, 6.45) is 0.878. The quantitative estimate of drug-likeness (QED) is 0.836. The molecule has 2 rings (SSSR count). The van der Waals surface area contributed by atoms with Crippen LogP contribution in [-0.2, 0) is 14.8 Å². The van der Waals surface area contributed by atoms with Crippen LogP contribution >= 0.6 is 0 Å². The Kier molecular flexibility index (Phi) is 3.68. The van der Waals surface area contributed by atoms with Gasteiger partial charge in [0.25, 0.3) is 15.9 Å². The van der Waals surface area contributed by atoms with E-state index in [0.717, 1.165) is 13.0 Å². The Morgan fingerprint density at radius 1 is 1.33 bits per heavy atom. The summed E-state index contributed by atoms with van der Waals surface area (Å²) in [5.41, 5.74) is 0. The number of nitrogens with one attached hydrogen (secondary N) is 2. The molecule has 1 aliphatic rings. The fourth-order valence-corrected chi connectivity index (χ4v) is 3.07. The van der Waals surface area contributed by atoms with Gasteiger partial charge in [-0.15, -0.1) is 0 Å². The van der Waals surface area contributed by atoms with Crippen LogP contribution in [0.2, 0.25) is 0 Å². The van der Waals surface area contributed by atoms with E-state index in [9.17, 15) is 13.2 Å². The Labute approximate surface area is 107 Å². The van der Waals surface area contributed by atoms with E-state index in [4.69, 9.17) is 0 Å². The molecule has 1 amide bonds. The maximum absolute atomic E-state index is 11.9. The molecular weight excluding hydrogens is 252 g/mol. The number of hydrogen-bond donors (Lipinski definition) is 2.